The van der Waals surface area contributed by atoms with Gasteiger partial charge in [0.25, 0.3) is 11.8 Å². The van der Waals surface area contributed by atoms with E-state index in [0.717, 1.165) is 22.6 Å². The molecule has 160 valence electrons. The Bertz CT molecular complexity index is 1040. The van der Waals surface area contributed by atoms with Gasteiger partial charge in [-0.05, 0) is 41.0 Å². The van der Waals surface area contributed by atoms with Crippen molar-refractivity contribution in [3.8, 4) is 11.1 Å². The molecular formula is C24H24N2O5. The molecular weight excluding hydrogens is 396 g/mol. The molecule has 7 nitrogen and oxygen atoms in total. The van der Waals surface area contributed by atoms with Gasteiger partial charge in [0.1, 0.15) is 17.9 Å². The van der Waals surface area contributed by atoms with Crippen LogP contribution in [0.1, 0.15) is 36.3 Å². The number of nitrogens with zero attached hydrogens (tertiary/aromatic N) is 1. The van der Waals surface area contributed by atoms with Crippen molar-refractivity contribution < 1.29 is 24.6 Å². The monoisotopic (exact) mass is 420 g/mol. The number of aliphatic hydroxyl groups excluding tert-OH is 1. The molecule has 0 aromatic heterocycles. The lowest BCUT2D eigenvalue weighted by Gasteiger charge is -2.28. The molecule has 7 heteroatoms. The largest absolute Gasteiger partial charge is 0.511 e. The van der Waals surface area contributed by atoms with Crippen molar-refractivity contribution in [1.29, 1.82) is 0 Å². The van der Waals surface area contributed by atoms with Gasteiger partial charge in [0.05, 0.1) is 0 Å². The van der Waals surface area contributed by atoms with Gasteiger partial charge in [-0.2, -0.15) is 0 Å². The molecule has 1 heterocycles. The first kappa shape index (κ1) is 20.7. The maximum absolute atomic E-state index is 12.7. The van der Waals surface area contributed by atoms with E-state index < -0.39 is 24.3 Å². The van der Waals surface area contributed by atoms with Crippen LogP contribution in [-0.4, -0.2) is 46.0 Å². The van der Waals surface area contributed by atoms with Gasteiger partial charge in [0.15, 0.2) is 0 Å². The van der Waals surface area contributed by atoms with Crippen molar-refractivity contribution in [3.05, 3.63) is 71.0 Å². The molecule has 0 bridgehead atoms. The number of carbonyl (C=O) groups is 3. The highest BCUT2D eigenvalue weighted by Crippen LogP contribution is 2.40. The van der Waals surface area contributed by atoms with E-state index in [1.807, 2.05) is 24.3 Å². The van der Waals surface area contributed by atoms with Gasteiger partial charge in [-0.3, -0.25) is 14.4 Å². The molecule has 2 amide bonds. The third-order valence-electron chi connectivity index (χ3n) is 5.66. The summed E-state index contributed by atoms with van der Waals surface area (Å²) in [4.78, 5) is 37.0. The summed E-state index contributed by atoms with van der Waals surface area (Å²) in [7, 11) is 0. The molecule has 0 atom stereocenters. The zero-order valence-corrected chi connectivity index (χ0v) is 17.0. The molecule has 4 rings (SSSR count). The van der Waals surface area contributed by atoms with E-state index in [0.29, 0.717) is 6.54 Å². The number of hydrogen-bond acceptors (Lipinski definition) is 4. The van der Waals surface area contributed by atoms with Crippen molar-refractivity contribution in [2.24, 2.45) is 0 Å². The van der Waals surface area contributed by atoms with Crippen molar-refractivity contribution in [1.82, 2.24) is 10.2 Å². The Labute approximate surface area is 180 Å². The summed E-state index contributed by atoms with van der Waals surface area (Å²) in [5.74, 6) is -2.29. The summed E-state index contributed by atoms with van der Waals surface area (Å²) in [6.45, 7) is -0.0422. The fourth-order valence-electron chi connectivity index (χ4n) is 3.76. The van der Waals surface area contributed by atoms with E-state index in [4.69, 9.17) is 5.11 Å². The number of rotatable bonds is 7. The summed E-state index contributed by atoms with van der Waals surface area (Å²) in [6.07, 6.45) is 2.70. The molecule has 2 aliphatic rings. The first-order valence-electron chi connectivity index (χ1n) is 10.3. The lowest BCUT2D eigenvalue weighted by Crippen LogP contribution is -2.43. The van der Waals surface area contributed by atoms with Gasteiger partial charge in [-0.25, -0.2) is 0 Å². The van der Waals surface area contributed by atoms with Gasteiger partial charge in [-0.15, -0.1) is 0 Å². The predicted octanol–water partition coefficient (Wildman–Crippen LogP) is 2.98. The van der Waals surface area contributed by atoms with Gasteiger partial charge in [0.2, 0.25) is 0 Å². The highest BCUT2D eigenvalue weighted by Gasteiger charge is 2.32. The van der Waals surface area contributed by atoms with Crippen LogP contribution in [0.2, 0.25) is 0 Å². The third-order valence-corrected chi connectivity index (χ3v) is 5.66. The van der Waals surface area contributed by atoms with Gasteiger partial charge in [-0.1, -0.05) is 48.5 Å². The number of nitrogens with one attached hydrogen (secondary N) is 1. The lowest BCUT2D eigenvalue weighted by molar-refractivity contribution is -0.138. The Kier molecular flexibility index (Phi) is 5.75. The lowest BCUT2D eigenvalue weighted by atomic mass is 10.0. The van der Waals surface area contributed by atoms with E-state index in [1.54, 1.807) is 0 Å². The summed E-state index contributed by atoms with van der Waals surface area (Å²) < 4.78 is 0. The number of aliphatic hydroxyl groups is 1. The van der Waals surface area contributed by atoms with Gasteiger partial charge < -0.3 is 20.4 Å². The number of carboxylic acid groups (broad SMARTS) is 1. The maximum atomic E-state index is 12.7. The van der Waals surface area contributed by atoms with Gasteiger partial charge in [0, 0.05) is 19.5 Å². The molecule has 1 saturated carbocycles. The topological polar surface area (TPSA) is 107 Å². The average molecular weight is 420 g/mol. The number of aliphatic carboxylic acids is 1. The maximum Gasteiger partial charge on any atom is 0.322 e. The van der Waals surface area contributed by atoms with Crippen LogP contribution >= 0.6 is 0 Å². The fraction of sp³-hybridized carbons (Fsp3) is 0.292. The molecule has 31 heavy (non-hydrogen) atoms. The Morgan fingerprint density at radius 2 is 1.61 bits per heavy atom. The van der Waals surface area contributed by atoms with Crippen LogP contribution in [0.25, 0.3) is 11.1 Å². The Balaban J connectivity index is 1.42. The molecule has 1 fully saturated rings. The molecule has 1 aliphatic carbocycles. The normalized spacial score (nSPS) is 16.4. The number of carboxylic acids is 1. The molecule has 2 aromatic carbocycles. The number of carbonyl (C=O) groups excluding carboxylic acids is 2. The smallest absolute Gasteiger partial charge is 0.322 e. The summed E-state index contributed by atoms with van der Waals surface area (Å²) in [5.41, 5.74) is 4.12. The Morgan fingerprint density at radius 1 is 1.00 bits per heavy atom. The molecule has 0 unspecified atom stereocenters. The van der Waals surface area contributed by atoms with Crippen LogP contribution in [-0.2, 0) is 20.9 Å². The second kappa shape index (κ2) is 8.63. The quantitative estimate of drug-likeness (QED) is 0.597. The number of hydrogen-bond donors (Lipinski definition) is 3. The van der Waals surface area contributed by atoms with E-state index in [1.165, 1.54) is 23.3 Å². The predicted molar refractivity (Wildman–Crippen MR) is 114 cm³/mol. The van der Waals surface area contributed by atoms with Crippen LogP contribution < -0.4 is 5.32 Å². The van der Waals surface area contributed by atoms with Crippen molar-refractivity contribution in [3.63, 3.8) is 0 Å². The highest BCUT2D eigenvalue weighted by molar-refractivity contribution is 6.19. The van der Waals surface area contributed by atoms with Crippen LogP contribution in [0.4, 0.5) is 0 Å². The van der Waals surface area contributed by atoms with Crippen LogP contribution in [0, 0.1) is 0 Å². The fourth-order valence-corrected chi connectivity index (χ4v) is 3.76. The Morgan fingerprint density at radius 3 is 2.19 bits per heavy atom. The van der Waals surface area contributed by atoms with Crippen LogP contribution in [0.15, 0.2) is 59.9 Å². The van der Waals surface area contributed by atoms with E-state index in [2.05, 4.69) is 29.6 Å². The Hall–Kier alpha value is -3.61. The van der Waals surface area contributed by atoms with E-state index >= 15 is 0 Å². The minimum absolute atomic E-state index is 0.146. The number of benzene rings is 2. The zero-order chi connectivity index (χ0) is 22.0. The standard InChI is InChI=1S/C24H24N2O5/c27-20-11-12-26(24(31)22(20)23(30)25-13-21(28)29)14-15-1-3-16(4-2-15)17-5-7-18(8-6-17)19-9-10-19/h1-8,19,27H,9-14H2,(H,25,30)(H,28,29). The summed E-state index contributed by atoms with van der Waals surface area (Å²) in [5, 5.41) is 20.8. The molecule has 0 radical (unpaired) electrons. The summed E-state index contributed by atoms with van der Waals surface area (Å²) >= 11 is 0. The third kappa shape index (κ3) is 4.77. The second-order valence-corrected chi connectivity index (χ2v) is 7.97. The average Bonchev–Trinajstić information content (AvgIpc) is 3.60. The zero-order valence-electron chi connectivity index (χ0n) is 17.0. The first-order chi connectivity index (χ1) is 14.9. The SMILES string of the molecule is O=C(O)CNC(=O)C1=C(O)CCN(Cc2ccc(-c3ccc(C4CC4)cc3)cc2)C1=O. The summed E-state index contributed by atoms with van der Waals surface area (Å²) in [6, 6.07) is 16.5. The van der Waals surface area contributed by atoms with Crippen molar-refractivity contribution in [2.45, 2.75) is 31.7 Å². The van der Waals surface area contributed by atoms with Crippen molar-refractivity contribution in [2.75, 3.05) is 13.1 Å². The first-order valence-corrected chi connectivity index (χ1v) is 10.3. The van der Waals surface area contributed by atoms with Crippen molar-refractivity contribution >= 4 is 17.8 Å². The number of amides is 2. The molecule has 2 aromatic rings. The van der Waals surface area contributed by atoms with E-state index in [9.17, 15) is 19.5 Å². The minimum atomic E-state index is -1.23. The molecule has 3 N–H and O–H groups in total. The van der Waals surface area contributed by atoms with Crippen LogP contribution in [0.3, 0.4) is 0 Å². The highest BCUT2D eigenvalue weighted by atomic mass is 16.4. The molecule has 0 spiro atoms. The second-order valence-electron chi connectivity index (χ2n) is 7.97. The van der Waals surface area contributed by atoms with E-state index in [-0.39, 0.29) is 24.3 Å². The minimum Gasteiger partial charge on any atom is -0.511 e. The molecule has 0 saturated heterocycles. The van der Waals surface area contributed by atoms with Crippen LogP contribution in [0.5, 0.6) is 0 Å². The molecule has 1 aliphatic heterocycles. The van der Waals surface area contributed by atoms with Gasteiger partial charge >= 0.3 is 5.97 Å².